The molecule has 1 atom stereocenters. The summed E-state index contributed by atoms with van der Waals surface area (Å²) in [5.74, 6) is 0.0558. The SMILES string of the molecule is COC(=O)C(CNCCOCC(C)C)c1ccccc1. The molecule has 0 aromatic heterocycles. The predicted octanol–water partition coefficient (Wildman–Crippen LogP) is 2.21. The van der Waals surface area contributed by atoms with Crippen molar-refractivity contribution >= 4 is 5.97 Å². The van der Waals surface area contributed by atoms with E-state index < -0.39 is 0 Å². The molecule has 0 saturated heterocycles. The van der Waals surface area contributed by atoms with Gasteiger partial charge in [-0.25, -0.2) is 0 Å². The van der Waals surface area contributed by atoms with Gasteiger partial charge in [-0.15, -0.1) is 0 Å². The number of hydrogen-bond acceptors (Lipinski definition) is 4. The van der Waals surface area contributed by atoms with E-state index in [1.54, 1.807) is 0 Å². The minimum Gasteiger partial charge on any atom is -0.469 e. The molecule has 0 radical (unpaired) electrons. The van der Waals surface area contributed by atoms with E-state index in [4.69, 9.17) is 9.47 Å². The lowest BCUT2D eigenvalue weighted by Gasteiger charge is -2.16. The lowest BCUT2D eigenvalue weighted by Crippen LogP contribution is -2.30. The zero-order chi connectivity index (χ0) is 14.8. The lowest BCUT2D eigenvalue weighted by molar-refractivity contribution is -0.142. The summed E-state index contributed by atoms with van der Waals surface area (Å²) in [6.45, 7) is 6.95. The number of esters is 1. The van der Waals surface area contributed by atoms with Crippen molar-refractivity contribution in [3.63, 3.8) is 0 Å². The Balaban J connectivity index is 2.37. The largest absolute Gasteiger partial charge is 0.469 e. The summed E-state index contributed by atoms with van der Waals surface area (Å²) < 4.78 is 10.4. The van der Waals surface area contributed by atoms with Gasteiger partial charge in [0.05, 0.1) is 19.6 Å². The number of methoxy groups -OCH3 is 1. The molecule has 1 rings (SSSR count). The van der Waals surface area contributed by atoms with Crippen molar-refractivity contribution in [2.24, 2.45) is 5.92 Å². The van der Waals surface area contributed by atoms with Gasteiger partial charge in [0.1, 0.15) is 0 Å². The third-order valence-electron chi connectivity index (χ3n) is 2.91. The number of carbonyl (C=O) groups excluding carboxylic acids is 1. The first kappa shape index (κ1) is 16.7. The Morgan fingerprint density at radius 1 is 1.25 bits per heavy atom. The zero-order valence-electron chi connectivity index (χ0n) is 12.6. The summed E-state index contributed by atoms with van der Waals surface area (Å²) in [5, 5.41) is 3.25. The van der Waals surface area contributed by atoms with Gasteiger partial charge in [0.2, 0.25) is 0 Å². The van der Waals surface area contributed by atoms with Crippen LogP contribution in [-0.4, -0.2) is 39.4 Å². The van der Waals surface area contributed by atoms with Crippen LogP contribution in [0.25, 0.3) is 0 Å². The molecule has 0 aliphatic heterocycles. The molecule has 0 aliphatic rings. The molecule has 1 unspecified atom stereocenters. The van der Waals surface area contributed by atoms with E-state index in [1.807, 2.05) is 30.3 Å². The minimum atomic E-state index is -0.272. The fourth-order valence-electron chi connectivity index (χ4n) is 1.87. The minimum absolute atomic E-state index is 0.216. The second-order valence-electron chi connectivity index (χ2n) is 5.16. The molecule has 0 bridgehead atoms. The molecule has 0 saturated carbocycles. The highest BCUT2D eigenvalue weighted by molar-refractivity contribution is 5.78. The predicted molar refractivity (Wildman–Crippen MR) is 79.7 cm³/mol. The van der Waals surface area contributed by atoms with Crippen molar-refractivity contribution in [1.82, 2.24) is 5.32 Å². The van der Waals surface area contributed by atoms with E-state index in [0.29, 0.717) is 19.1 Å². The van der Waals surface area contributed by atoms with Crippen molar-refractivity contribution in [3.8, 4) is 0 Å². The van der Waals surface area contributed by atoms with Gasteiger partial charge in [0.15, 0.2) is 0 Å². The van der Waals surface area contributed by atoms with Crippen LogP contribution in [0.4, 0.5) is 0 Å². The van der Waals surface area contributed by atoms with E-state index in [9.17, 15) is 4.79 Å². The van der Waals surface area contributed by atoms with Gasteiger partial charge < -0.3 is 14.8 Å². The van der Waals surface area contributed by atoms with Crippen LogP contribution < -0.4 is 5.32 Å². The van der Waals surface area contributed by atoms with Crippen molar-refractivity contribution in [2.75, 3.05) is 33.4 Å². The molecule has 0 fully saturated rings. The molecule has 112 valence electrons. The molecule has 4 nitrogen and oxygen atoms in total. The average Bonchev–Trinajstić information content (AvgIpc) is 2.46. The highest BCUT2D eigenvalue weighted by Gasteiger charge is 2.20. The van der Waals surface area contributed by atoms with Gasteiger partial charge in [0.25, 0.3) is 0 Å². The second-order valence-corrected chi connectivity index (χ2v) is 5.16. The van der Waals surface area contributed by atoms with E-state index in [1.165, 1.54) is 7.11 Å². The number of ether oxygens (including phenoxy) is 2. The Morgan fingerprint density at radius 3 is 2.55 bits per heavy atom. The van der Waals surface area contributed by atoms with Gasteiger partial charge in [-0.2, -0.15) is 0 Å². The molecule has 1 aromatic carbocycles. The van der Waals surface area contributed by atoms with Gasteiger partial charge in [-0.1, -0.05) is 44.2 Å². The molecule has 20 heavy (non-hydrogen) atoms. The maximum absolute atomic E-state index is 11.8. The maximum Gasteiger partial charge on any atom is 0.314 e. The van der Waals surface area contributed by atoms with Crippen molar-refractivity contribution < 1.29 is 14.3 Å². The van der Waals surface area contributed by atoms with Crippen LogP contribution in [0.5, 0.6) is 0 Å². The Labute approximate surface area is 121 Å². The fourth-order valence-corrected chi connectivity index (χ4v) is 1.87. The first-order valence-electron chi connectivity index (χ1n) is 7.06. The first-order valence-corrected chi connectivity index (χ1v) is 7.06. The Hall–Kier alpha value is -1.39. The summed E-state index contributed by atoms with van der Waals surface area (Å²) in [5.41, 5.74) is 0.968. The van der Waals surface area contributed by atoms with E-state index >= 15 is 0 Å². The summed E-state index contributed by atoms with van der Waals surface area (Å²) in [4.78, 5) is 11.8. The average molecular weight is 279 g/mol. The molecule has 0 heterocycles. The molecule has 0 spiro atoms. The van der Waals surface area contributed by atoms with E-state index in [2.05, 4.69) is 19.2 Å². The highest BCUT2D eigenvalue weighted by Crippen LogP contribution is 2.16. The fraction of sp³-hybridized carbons (Fsp3) is 0.562. The van der Waals surface area contributed by atoms with Crippen molar-refractivity contribution in [3.05, 3.63) is 35.9 Å². The molecule has 0 aliphatic carbocycles. The number of nitrogens with one attached hydrogen (secondary N) is 1. The van der Waals surface area contributed by atoms with Crippen LogP contribution in [0.1, 0.15) is 25.3 Å². The number of benzene rings is 1. The number of carbonyl (C=O) groups is 1. The number of rotatable bonds is 9. The molecule has 4 heteroatoms. The van der Waals surface area contributed by atoms with Crippen LogP contribution >= 0.6 is 0 Å². The zero-order valence-corrected chi connectivity index (χ0v) is 12.6. The molecular weight excluding hydrogens is 254 g/mol. The maximum atomic E-state index is 11.8. The van der Waals surface area contributed by atoms with Crippen LogP contribution in [-0.2, 0) is 14.3 Å². The summed E-state index contributed by atoms with van der Waals surface area (Å²) in [7, 11) is 1.42. The third kappa shape index (κ3) is 6.17. The molecule has 1 aromatic rings. The van der Waals surface area contributed by atoms with E-state index in [-0.39, 0.29) is 11.9 Å². The van der Waals surface area contributed by atoms with Gasteiger partial charge in [0, 0.05) is 19.7 Å². The monoisotopic (exact) mass is 279 g/mol. The molecule has 1 N–H and O–H groups in total. The Morgan fingerprint density at radius 2 is 1.95 bits per heavy atom. The molecule has 0 amide bonds. The van der Waals surface area contributed by atoms with Crippen molar-refractivity contribution in [1.29, 1.82) is 0 Å². The lowest BCUT2D eigenvalue weighted by atomic mass is 9.99. The van der Waals surface area contributed by atoms with Crippen molar-refractivity contribution in [2.45, 2.75) is 19.8 Å². The van der Waals surface area contributed by atoms with Crippen LogP contribution in [0.2, 0.25) is 0 Å². The first-order chi connectivity index (χ1) is 9.65. The summed E-state index contributed by atoms with van der Waals surface area (Å²) >= 11 is 0. The summed E-state index contributed by atoms with van der Waals surface area (Å²) in [6, 6.07) is 9.68. The standard InChI is InChI=1S/C16H25NO3/c1-13(2)12-20-10-9-17-11-15(16(18)19-3)14-7-5-4-6-8-14/h4-8,13,15,17H,9-12H2,1-3H3. The smallest absolute Gasteiger partial charge is 0.314 e. The van der Waals surface area contributed by atoms with Gasteiger partial charge in [-0.3, -0.25) is 4.79 Å². The van der Waals surface area contributed by atoms with E-state index in [0.717, 1.165) is 18.7 Å². The Kier molecular flexibility index (Phi) is 7.92. The highest BCUT2D eigenvalue weighted by atomic mass is 16.5. The number of hydrogen-bond donors (Lipinski definition) is 1. The second kappa shape index (κ2) is 9.50. The Bertz CT molecular complexity index is 379. The normalized spacial score (nSPS) is 12.4. The third-order valence-corrected chi connectivity index (χ3v) is 2.91. The van der Waals surface area contributed by atoms with Crippen LogP contribution in [0.15, 0.2) is 30.3 Å². The topological polar surface area (TPSA) is 47.6 Å². The summed E-state index contributed by atoms with van der Waals surface area (Å²) in [6.07, 6.45) is 0. The van der Waals surface area contributed by atoms with Gasteiger partial charge >= 0.3 is 5.97 Å². The quantitative estimate of drug-likeness (QED) is 0.556. The van der Waals surface area contributed by atoms with Crippen LogP contribution in [0.3, 0.4) is 0 Å². The van der Waals surface area contributed by atoms with Gasteiger partial charge in [-0.05, 0) is 11.5 Å². The molecular formula is C16H25NO3. The van der Waals surface area contributed by atoms with Crippen LogP contribution in [0, 0.1) is 5.92 Å².